The summed E-state index contributed by atoms with van der Waals surface area (Å²) in [5.41, 5.74) is 3.75. The van der Waals surface area contributed by atoms with Crippen LogP contribution in [0.25, 0.3) is 11.1 Å². The molecular weight excluding hydrogens is 378 g/mol. The van der Waals surface area contributed by atoms with Crippen molar-refractivity contribution in [1.82, 2.24) is 5.32 Å². The number of rotatable bonds is 5. The lowest BCUT2D eigenvalue weighted by Crippen LogP contribution is -2.47. The van der Waals surface area contributed by atoms with Crippen molar-refractivity contribution in [2.45, 2.75) is 39.0 Å². The van der Waals surface area contributed by atoms with Crippen LogP contribution in [0.2, 0.25) is 0 Å². The molecule has 0 heterocycles. The van der Waals surface area contributed by atoms with E-state index in [1.807, 2.05) is 24.3 Å². The first-order valence-corrected chi connectivity index (χ1v) is 10.7. The summed E-state index contributed by atoms with van der Waals surface area (Å²) in [6, 6.07) is 16.4. The van der Waals surface area contributed by atoms with E-state index in [-0.39, 0.29) is 19.1 Å². The number of amides is 1. The molecule has 30 heavy (non-hydrogen) atoms. The molecule has 2 aromatic carbocycles. The molecule has 2 aromatic rings. The van der Waals surface area contributed by atoms with Crippen LogP contribution >= 0.6 is 0 Å². The summed E-state index contributed by atoms with van der Waals surface area (Å²) < 4.78 is 5.57. The Kier molecular flexibility index (Phi) is 5.54. The van der Waals surface area contributed by atoms with Gasteiger partial charge in [0.2, 0.25) is 0 Å². The predicted octanol–water partition coefficient (Wildman–Crippen LogP) is 5.05. The monoisotopic (exact) mass is 407 g/mol. The molecule has 1 amide bonds. The van der Waals surface area contributed by atoms with Crippen LogP contribution in [0.5, 0.6) is 0 Å². The Balaban J connectivity index is 1.41. The van der Waals surface area contributed by atoms with Crippen molar-refractivity contribution in [3.8, 4) is 11.1 Å². The number of hydrogen-bond donors (Lipinski definition) is 2. The topological polar surface area (TPSA) is 75.6 Å². The van der Waals surface area contributed by atoms with Gasteiger partial charge in [-0.1, -0.05) is 62.4 Å². The van der Waals surface area contributed by atoms with Crippen molar-refractivity contribution >= 4 is 12.1 Å². The maximum atomic E-state index is 12.5. The third-order valence-corrected chi connectivity index (χ3v) is 6.65. The fourth-order valence-corrected chi connectivity index (χ4v) is 5.56. The van der Waals surface area contributed by atoms with Crippen molar-refractivity contribution in [2.75, 3.05) is 13.2 Å². The second kappa shape index (κ2) is 8.13. The lowest BCUT2D eigenvalue weighted by atomic mass is 9.66. The van der Waals surface area contributed by atoms with Crippen molar-refractivity contribution in [1.29, 1.82) is 0 Å². The zero-order valence-electron chi connectivity index (χ0n) is 17.6. The van der Waals surface area contributed by atoms with Crippen molar-refractivity contribution in [3.05, 3.63) is 59.7 Å². The highest BCUT2D eigenvalue weighted by Gasteiger charge is 2.44. The molecule has 0 bridgehead atoms. The summed E-state index contributed by atoms with van der Waals surface area (Å²) in [7, 11) is 0. The molecule has 0 radical (unpaired) electrons. The van der Waals surface area contributed by atoms with E-state index in [1.54, 1.807) is 0 Å². The quantitative estimate of drug-likeness (QED) is 0.727. The second-order valence-corrected chi connectivity index (χ2v) is 9.12. The number of carbonyl (C=O) groups excluding carboxylic acids is 1. The fourth-order valence-electron chi connectivity index (χ4n) is 5.56. The summed E-state index contributed by atoms with van der Waals surface area (Å²) in [5, 5.41) is 12.6. The number of alkyl carbamates (subject to hydrolysis) is 1. The van der Waals surface area contributed by atoms with Crippen LogP contribution in [0.3, 0.4) is 0 Å². The summed E-state index contributed by atoms with van der Waals surface area (Å²) in [6.07, 6.45) is 1.63. The van der Waals surface area contributed by atoms with Crippen molar-refractivity contribution < 1.29 is 19.4 Å². The molecule has 5 heteroatoms. The molecule has 1 fully saturated rings. The first kappa shape index (κ1) is 20.5. The lowest BCUT2D eigenvalue weighted by Gasteiger charge is -2.39. The Hall–Kier alpha value is -2.82. The molecule has 5 nitrogen and oxygen atoms in total. The molecule has 1 saturated carbocycles. The largest absolute Gasteiger partial charge is 0.481 e. The van der Waals surface area contributed by atoms with Gasteiger partial charge in [-0.2, -0.15) is 0 Å². The van der Waals surface area contributed by atoms with Crippen molar-refractivity contribution in [3.63, 3.8) is 0 Å². The molecule has 2 N–H and O–H groups in total. The lowest BCUT2D eigenvalue weighted by molar-refractivity contribution is -0.152. The van der Waals surface area contributed by atoms with E-state index in [9.17, 15) is 14.7 Å². The van der Waals surface area contributed by atoms with E-state index >= 15 is 0 Å². The van der Waals surface area contributed by atoms with Gasteiger partial charge in [0.15, 0.2) is 0 Å². The van der Waals surface area contributed by atoms with Gasteiger partial charge in [-0.25, -0.2) is 4.79 Å². The third kappa shape index (κ3) is 3.81. The average molecular weight is 408 g/mol. The first-order chi connectivity index (χ1) is 14.4. The summed E-state index contributed by atoms with van der Waals surface area (Å²) in [4.78, 5) is 24.5. The Morgan fingerprint density at radius 3 is 2.07 bits per heavy atom. The van der Waals surface area contributed by atoms with E-state index < -0.39 is 17.5 Å². The van der Waals surface area contributed by atoms with Gasteiger partial charge in [0, 0.05) is 12.5 Å². The van der Waals surface area contributed by atoms with Crippen molar-refractivity contribution in [2.24, 2.45) is 17.3 Å². The van der Waals surface area contributed by atoms with Crippen LogP contribution < -0.4 is 5.32 Å². The minimum absolute atomic E-state index is 0.00805. The van der Waals surface area contributed by atoms with Crippen LogP contribution in [0.4, 0.5) is 4.79 Å². The number of aliphatic carboxylic acids is 1. The number of fused-ring (bicyclic) bond motifs is 3. The fraction of sp³-hybridized carbons (Fsp3) is 0.440. The molecule has 0 spiro atoms. The Morgan fingerprint density at radius 2 is 1.53 bits per heavy atom. The van der Waals surface area contributed by atoms with Gasteiger partial charge in [0.05, 0.1) is 5.41 Å². The molecule has 2 aliphatic carbocycles. The van der Waals surface area contributed by atoms with Gasteiger partial charge in [-0.15, -0.1) is 0 Å². The number of carboxylic acid groups (broad SMARTS) is 1. The maximum Gasteiger partial charge on any atom is 0.407 e. The number of ether oxygens (including phenoxy) is 1. The van der Waals surface area contributed by atoms with E-state index in [1.165, 1.54) is 11.1 Å². The van der Waals surface area contributed by atoms with Gasteiger partial charge in [0.1, 0.15) is 6.61 Å². The van der Waals surface area contributed by atoms with Gasteiger partial charge in [-0.05, 0) is 53.4 Å². The van der Waals surface area contributed by atoms with Crippen LogP contribution in [0, 0.1) is 17.3 Å². The molecule has 2 atom stereocenters. The van der Waals surface area contributed by atoms with Crippen LogP contribution in [0.15, 0.2) is 48.5 Å². The Morgan fingerprint density at radius 1 is 1.00 bits per heavy atom. The number of benzene rings is 2. The molecular formula is C25H29NO4. The van der Waals surface area contributed by atoms with Gasteiger partial charge >= 0.3 is 12.1 Å². The summed E-state index contributed by atoms with van der Waals surface area (Å²) in [6.45, 7) is 4.50. The standard InChI is InChI=1S/C25H29NO4/c1-16-11-17(2)13-25(12-16,23(27)28)15-26-24(29)30-14-22-20-9-5-3-7-18(20)19-8-4-6-10-21(19)22/h3-10,16-17,22H,11-15H2,1-2H3,(H,26,29)(H,27,28). The minimum atomic E-state index is -0.914. The van der Waals surface area contributed by atoms with Gasteiger partial charge in [0.25, 0.3) is 0 Å². The minimum Gasteiger partial charge on any atom is -0.481 e. The highest BCUT2D eigenvalue weighted by atomic mass is 16.5. The van der Waals surface area contributed by atoms with E-state index in [0.29, 0.717) is 24.7 Å². The predicted molar refractivity (Wildman–Crippen MR) is 115 cm³/mol. The molecule has 2 unspecified atom stereocenters. The summed E-state index contributed by atoms with van der Waals surface area (Å²) in [5.74, 6) is -0.186. The van der Waals surface area contributed by atoms with E-state index in [0.717, 1.165) is 17.5 Å². The van der Waals surface area contributed by atoms with Crippen LogP contribution in [-0.4, -0.2) is 30.3 Å². The highest BCUT2D eigenvalue weighted by molar-refractivity contribution is 5.79. The molecule has 158 valence electrons. The Bertz CT molecular complexity index is 898. The van der Waals surface area contributed by atoms with Crippen LogP contribution in [0.1, 0.15) is 50.2 Å². The number of carbonyl (C=O) groups is 2. The molecule has 0 saturated heterocycles. The van der Waals surface area contributed by atoms with Gasteiger partial charge < -0.3 is 15.2 Å². The first-order valence-electron chi connectivity index (χ1n) is 10.7. The van der Waals surface area contributed by atoms with E-state index in [4.69, 9.17) is 4.74 Å². The van der Waals surface area contributed by atoms with E-state index in [2.05, 4.69) is 43.4 Å². The normalized spacial score (nSPS) is 25.3. The number of carboxylic acids is 1. The number of nitrogens with one attached hydrogen (secondary N) is 1. The SMILES string of the molecule is CC1CC(C)CC(CNC(=O)OCC2c3ccccc3-c3ccccc32)(C(=O)O)C1. The molecule has 4 rings (SSSR count). The molecule has 2 aliphatic rings. The Labute approximate surface area is 177 Å². The third-order valence-electron chi connectivity index (χ3n) is 6.65. The molecule has 0 aliphatic heterocycles. The zero-order chi connectivity index (χ0) is 21.3. The molecule has 0 aromatic heterocycles. The van der Waals surface area contributed by atoms with Gasteiger partial charge in [-0.3, -0.25) is 4.79 Å². The zero-order valence-corrected chi connectivity index (χ0v) is 17.6. The smallest absolute Gasteiger partial charge is 0.407 e. The summed E-state index contributed by atoms with van der Waals surface area (Å²) >= 11 is 0. The van der Waals surface area contributed by atoms with Crippen LogP contribution in [-0.2, 0) is 9.53 Å². The number of hydrogen-bond acceptors (Lipinski definition) is 3. The highest BCUT2D eigenvalue weighted by Crippen LogP contribution is 2.45. The second-order valence-electron chi connectivity index (χ2n) is 9.12. The average Bonchev–Trinajstić information content (AvgIpc) is 3.04. The maximum absolute atomic E-state index is 12.5.